The van der Waals surface area contributed by atoms with Crippen molar-refractivity contribution < 1.29 is 28.9 Å². The molecule has 4 aromatic rings. The molecule has 0 radical (unpaired) electrons. The van der Waals surface area contributed by atoms with E-state index in [4.69, 9.17) is 16.3 Å². The van der Waals surface area contributed by atoms with E-state index in [0.29, 0.717) is 39.7 Å². The fourth-order valence-electron chi connectivity index (χ4n) is 3.50. The van der Waals surface area contributed by atoms with Gasteiger partial charge in [-0.3, -0.25) is 4.79 Å². The molecule has 0 fully saturated rings. The van der Waals surface area contributed by atoms with E-state index >= 15 is 0 Å². The number of rotatable bonds is 6. The van der Waals surface area contributed by atoms with E-state index in [1.54, 1.807) is 72.8 Å². The molecule has 7 nitrogen and oxygen atoms in total. The minimum atomic E-state index is -0.344. The number of carbonyl (C=O) groups excluding carboxylic acids is 1. The van der Waals surface area contributed by atoms with Crippen LogP contribution < -0.4 is 19.2 Å². The van der Waals surface area contributed by atoms with E-state index < -0.39 is 0 Å². The number of aromatic nitrogens is 2. The Hall–Kier alpha value is -3.84. The minimum absolute atomic E-state index is 0.163. The molecule has 0 aliphatic heterocycles. The molecule has 1 heterocycles. The molecule has 0 saturated carbocycles. The van der Waals surface area contributed by atoms with E-state index in [9.17, 15) is 15.0 Å². The van der Waals surface area contributed by atoms with Gasteiger partial charge in [-0.05, 0) is 47.9 Å². The predicted octanol–water partition coefficient (Wildman–Crippen LogP) is 3.51. The fraction of sp³-hybridized carbons (Fsp3) is 0.125. The van der Waals surface area contributed by atoms with E-state index in [1.807, 2.05) is 6.92 Å². The minimum Gasteiger partial charge on any atom is -0.494 e. The molecule has 0 spiro atoms. The van der Waals surface area contributed by atoms with Crippen LogP contribution >= 0.6 is 11.6 Å². The summed E-state index contributed by atoms with van der Waals surface area (Å²) in [6.07, 6.45) is 0. The first-order valence-electron chi connectivity index (χ1n) is 10.0. The number of hydrogen-bond acceptors (Lipinski definition) is 4. The van der Waals surface area contributed by atoms with Gasteiger partial charge in [0.25, 0.3) is 5.91 Å². The second-order valence-electron chi connectivity index (χ2n) is 7.05. The molecule has 32 heavy (non-hydrogen) atoms. The number of aromatic hydroxyl groups is 2. The van der Waals surface area contributed by atoms with Crippen molar-refractivity contribution in [2.75, 3.05) is 11.9 Å². The number of hydrogen-bond donors (Lipinski definition) is 3. The Balaban J connectivity index is 1.72. The number of ether oxygens (including phenoxy) is 1. The summed E-state index contributed by atoms with van der Waals surface area (Å²) in [7, 11) is 0. The van der Waals surface area contributed by atoms with Gasteiger partial charge in [-0.2, -0.15) is 0 Å². The van der Waals surface area contributed by atoms with Gasteiger partial charge in [0.2, 0.25) is 17.7 Å². The van der Waals surface area contributed by atoms with E-state index in [-0.39, 0.29) is 24.3 Å². The molecule has 8 heteroatoms. The van der Waals surface area contributed by atoms with Crippen molar-refractivity contribution in [3.8, 4) is 23.3 Å². The zero-order valence-corrected chi connectivity index (χ0v) is 18.1. The van der Waals surface area contributed by atoms with Crippen molar-refractivity contribution in [1.82, 2.24) is 0 Å². The van der Waals surface area contributed by atoms with Gasteiger partial charge in [0.15, 0.2) is 5.39 Å². The maximum atomic E-state index is 12.8. The summed E-state index contributed by atoms with van der Waals surface area (Å²) in [6.45, 7) is 2.28. The summed E-state index contributed by atoms with van der Waals surface area (Å²) in [4.78, 5) is 12.8. The molecule has 0 atom stereocenters. The van der Waals surface area contributed by atoms with Gasteiger partial charge in [0.05, 0.1) is 6.61 Å². The Labute approximate surface area is 189 Å². The van der Waals surface area contributed by atoms with Crippen molar-refractivity contribution in [2.24, 2.45) is 0 Å². The molecular formula is C24H22ClN3O4+2. The van der Waals surface area contributed by atoms with Gasteiger partial charge in [0.1, 0.15) is 5.75 Å². The second-order valence-corrected chi connectivity index (χ2v) is 7.48. The van der Waals surface area contributed by atoms with E-state index in [1.165, 1.54) is 9.13 Å². The van der Waals surface area contributed by atoms with Crippen LogP contribution in [0.3, 0.4) is 0 Å². The van der Waals surface area contributed by atoms with Crippen LogP contribution in [-0.4, -0.2) is 22.7 Å². The van der Waals surface area contributed by atoms with Gasteiger partial charge in [0, 0.05) is 28.9 Å². The number of carbonyl (C=O) groups is 1. The molecule has 1 amide bonds. The average Bonchev–Trinajstić information content (AvgIpc) is 2.78. The van der Waals surface area contributed by atoms with E-state index in [2.05, 4.69) is 5.32 Å². The lowest BCUT2D eigenvalue weighted by Crippen LogP contribution is -2.49. The van der Waals surface area contributed by atoms with Crippen LogP contribution in [0, 0.1) is 0 Å². The normalized spacial score (nSPS) is 10.8. The molecule has 0 unspecified atom stereocenters. The first-order valence-corrected chi connectivity index (χ1v) is 10.4. The van der Waals surface area contributed by atoms with Crippen LogP contribution in [0.5, 0.6) is 17.6 Å². The van der Waals surface area contributed by atoms with Crippen molar-refractivity contribution >= 4 is 34.1 Å². The van der Waals surface area contributed by atoms with Crippen molar-refractivity contribution in [1.29, 1.82) is 0 Å². The SMILES string of the molecule is CCOc1ccc(NC(=O)C[n+]2c(O)[n+](-c3cccc(Cl)c3)c(O)c3ccccc32)cc1. The van der Waals surface area contributed by atoms with Crippen LogP contribution in [-0.2, 0) is 11.3 Å². The Kier molecular flexibility index (Phi) is 6.09. The third-order valence-electron chi connectivity index (χ3n) is 4.91. The lowest BCUT2D eigenvalue weighted by atomic mass is 10.2. The number of nitrogens with zero attached hydrogens (tertiary/aromatic N) is 2. The molecular weight excluding hydrogens is 430 g/mol. The smallest absolute Gasteiger partial charge is 0.494 e. The molecule has 4 rings (SSSR count). The van der Waals surface area contributed by atoms with Gasteiger partial charge >= 0.3 is 11.9 Å². The van der Waals surface area contributed by atoms with Gasteiger partial charge in [-0.25, -0.2) is 0 Å². The zero-order chi connectivity index (χ0) is 22.7. The molecule has 3 aromatic carbocycles. The number of nitrogens with one attached hydrogen (secondary N) is 1. The van der Waals surface area contributed by atoms with E-state index in [0.717, 1.165) is 0 Å². The summed E-state index contributed by atoms with van der Waals surface area (Å²) >= 11 is 6.11. The molecule has 0 saturated heterocycles. The monoisotopic (exact) mass is 451 g/mol. The largest absolute Gasteiger partial charge is 0.638 e. The summed E-state index contributed by atoms with van der Waals surface area (Å²) in [5.41, 5.74) is 1.56. The standard InChI is InChI=1S/C24H20ClN3O4/c1-2-32-19-12-10-17(11-13-19)26-22(29)15-27-21-9-4-3-8-20(21)23(30)28(24(27)31)18-7-5-6-16(25)14-18/h3-14H,2,15H2,1H3,(H,26,29)/p+2. The summed E-state index contributed by atoms with van der Waals surface area (Å²) < 4.78 is 8.09. The lowest BCUT2D eigenvalue weighted by molar-refractivity contribution is -0.774. The van der Waals surface area contributed by atoms with Gasteiger partial charge in [-0.15, -0.1) is 0 Å². The van der Waals surface area contributed by atoms with Crippen molar-refractivity contribution in [3.63, 3.8) is 0 Å². The third kappa shape index (κ3) is 4.29. The quantitative estimate of drug-likeness (QED) is 0.391. The first-order chi connectivity index (χ1) is 15.5. The van der Waals surface area contributed by atoms with Crippen LogP contribution in [0.25, 0.3) is 16.6 Å². The molecule has 1 aromatic heterocycles. The number of anilines is 1. The molecule has 0 bridgehead atoms. The van der Waals surface area contributed by atoms with Crippen LogP contribution in [0.15, 0.2) is 72.8 Å². The van der Waals surface area contributed by atoms with Gasteiger partial charge < -0.3 is 20.3 Å². The zero-order valence-electron chi connectivity index (χ0n) is 17.3. The topological polar surface area (TPSA) is 86.5 Å². The predicted molar refractivity (Wildman–Crippen MR) is 120 cm³/mol. The Morgan fingerprint density at radius 3 is 2.50 bits per heavy atom. The Morgan fingerprint density at radius 2 is 1.78 bits per heavy atom. The van der Waals surface area contributed by atoms with Crippen molar-refractivity contribution in [3.05, 3.63) is 77.8 Å². The summed E-state index contributed by atoms with van der Waals surface area (Å²) in [5, 5.41) is 25.7. The van der Waals surface area contributed by atoms with Crippen LogP contribution in [0.4, 0.5) is 5.69 Å². The number of benzene rings is 3. The lowest BCUT2D eigenvalue weighted by Gasteiger charge is -2.07. The fourth-order valence-corrected chi connectivity index (χ4v) is 3.68. The first kappa shape index (κ1) is 21.4. The molecule has 0 aliphatic rings. The number of halogens is 1. The van der Waals surface area contributed by atoms with Crippen LogP contribution in [0.2, 0.25) is 5.02 Å². The maximum absolute atomic E-state index is 12.8. The van der Waals surface area contributed by atoms with Gasteiger partial charge in [-0.1, -0.05) is 34.4 Å². The second kappa shape index (κ2) is 9.11. The number of fused-ring (bicyclic) bond motifs is 1. The molecule has 162 valence electrons. The highest BCUT2D eigenvalue weighted by atomic mass is 35.5. The average molecular weight is 452 g/mol. The Morgan fingerprint density at radius 1 is 1.03 bits per heavy atom. The summed E-state index contributed by atoms with van der Waals surface area (Å²) in [5.74, 6) is 0.205. The highest BCUT2D eigenvalue weighted by Gasteiger charge is 2.36. The highest BCUT2D eigenvalue weighted by Crippen LogP contribution is 2.23. The maximum Gasteiger partial charge on any atom is 0.638 e. The van der Waals surface area contributed by atoms with Crippen LogP contribution in [0.1, 0.15) is 6.92 Å². The van der Waals surface area contributed by atoms with Crippen molar-refractivity contribution in [2.45, 2.75) is 13.5 Å². The highest BCUT2D eigenvalue weighted by molar-refractivity contribution is 6.30. The molecule has 3 N–H and O–H groups in total. The third-order valence-corrected chi connectivity index (χ3v) is 5.14. The number of amides is 1. The number of para-hydroxylation sites is 1. The Bertz CT molecular complexity index is 1290. The summed E-state index contributed by atoms with van der Waals surface area (Å²) in [6, 6.07) is 20.4. The molecule has 0 aliphatic carbocycles.